The number of carbonyl (C=O) groups excluding carboxylic acids is 3. The fourth-order valence-corrected chi connectivity index (χ4v) is 2.19. The number of hydrogen-bond acceptors (Lipinski definition) is 4. The summed E-state index contributed by atoms with van der Waals surface area (Å²) in [6.45, 7) is 1.32. The summed E-state index contributed by atoms with van der Waals surface area (Å²) in [5.41, 5.74) is 1.86. The second kappa shape index (κ2) is 8.63. The molecule has 0 heterocycles. The van der Waals surface area contributed by atoms with Crippen LogP contribution in [0.1, 0.15) is 22.8 Å². The fourth-order valence-electron chi connectivity index (χ4n) is 2.19. The number of amides is 2. The lowest BCUT2D eigenvalue weighted by Gasteiger charge is -2.08. The summed E-state index contributed by atoms with van der Waals surface area (Å²) < 4.78 is 5.06. The van der Waals surface area contributed by atoms with E-state index in [1.807, 2.05) is 0 Å². The van der Waals surface area contributed by atoms with E-state index in [0.29, 0.717) is 11.3 Å². The zero-order chi connectivity index (χ0) is 18.2. The molecule has 0 unspecified atom stereocenters. The summed E-state index contributed by atoms with van der Waals surface area (Å²) >= 11 is 0. The lowest BCUT2D eigenvalue weighted by atomic mass is 10.1. The quantitative estimate of drug-likeness (QED) is 0.757. The predicted molar refractivity (Wildman–Crippen MR) is 94.8 cm³/mol. The number of hydrogen-bond donors (Lipinski definition) is 2. The van der Waals surface area contributed by atoms with Crippen LogP contribution in [-0.2, 0) is 16.0 Å². The molecule has 6 heteroatoms. The molecule has 0 aromatic heterocycles. The summed E-state index contributed by atoms with van der Waals surface area (Å²) in [6.07, 6.45) is 0.178. The van der Waals surface area contributed by atoms with Gasteiger partial charge in [0.2, 0.25) is 11.8 Å². The Morgan fingerprint density at radius 1 is 1.00 bits per heavy atom. The van der Waals surface area contributed by atoms with E-state index in [2.05, 4.69) is 10.6 Å². The number of methoxy groups -OCH3 is 1. The Balaban J connectivity index is 1.81. The van der Waals surface area contributed by atoms with Gasteiger partial charge in [0.15, 0.2) is 5.78 Å². The highest BCUT2D eigenvalue weighted by atomic mass is 16.5. The molecule has 6 nitrogen and oxygen atoms in total. The van der Waals surface area contributed by atoms with Crippen molar-refractivity contribution in [2.75, 3.05) is 19.0 Å². The van der Waals surface area contributed by atoms with Gasteiger partial charge >= 0.3 is 0 Å². The van der Waals surface area contributed by atoms with Gasteiger partial charge in [-0.25, -0.2) is 0 Å². The van der Waals surface area contributed by atoms with Gasteiger partial charge in [-0.05, 0) is 36.8 Å². The molecule has 0 saturated carbocycles. The maximum atomic E-state index is 11.9. The van der Waals surface area contributed by atoms with E-state index >= 15 is 0 Å². The number of benzene rings is 2. The van der Waals surface area contributed by atoms with Gasteiger partial charge in [0.25, 0.3) is 0 Å². The first-order chi connectivity index (χ1) is 12.0. The van der Waals surface area contributed by atoms with Gasteiger partial charge in [-0.2, -0.15) is 0 Å². The molecule has 0 aliphatic rings. The van der Waals surface area contributed by atoms with Crippen LogP contribution in [0, 0.1) is 0 Å². The molecule has 25 heavy (non-hydrogen) atoms. The summed E-state index contributed by atoms with van der Waals surface area (Å²) in [5.74, 6) is 0.0295. The van der Waals surface area contributed by atoms with Crippen LogP contribution in [0.15, 0.2) is 48.5 Å². The van der Waals surface area contributed by atoms with Gasteiger partial charge < -0.3 is 15.4 Å². The molecule has 2 aromatic carbocycles. The minimum atomic E-state index is -0.358. The van der Waals surface area contributed by atoms with E-state index in [9.17, 15) is 14.4 Å². The molecule has 0 spiro atoms. The number of Topliss-reactive ketones (excluding diaryl/α,β-unsaturated/α-hetero) is 1. The number of ketones is 1. The Morgan fingerprint density at radius 2 is 1.72 bits per heavy atom. The van der Waals surface area contributed by atoms with Crippen molar-refractivity contribution in [2.45, 2.75) is 13.3 Å². The minimum Gasteiger partial charge on any atom is -0.497 e. The first kappa shape index (κ1) is 18.2. The zero-order valence-corrected chi connectivity index (χ0v) is 14.2. The van der Waals surface area contributed by atoms with Crippen LogP contribution in [0.4, 0.5) is 5.69 Å². The minimum absolute atomic E-state index is 0.0797. The van der Waals surface area contributed by atoms with Crippen molar-refractivity contribution in [1.29, 1.82) is 0 Å². The van der Waals surface area contributed by atoms with Crippen LogP contribution < -0.4 is 15.4 Å². The van der Waals surface area contributed by atoms with E-state index in [-0.39, 0.29) is 30.6 Å². The third-order valence-corrected chi connectivity index (χ3v) is 3.52. The normalized spacial score (nSPS) is 10.0. The molecular formula is C19H20N2O4. The van der Waals surface area contributed by atoms with Crippen LogP contribution in [-0.4, -0.2) is 31.3 Å². The van der Waals surface area contributed by atoms with Gasteiger partial charge in [-0.15, -0.1) is 0 Å². The average Bonchev–Trinajstić information content (AvgIpc) is 2.61. The molecule has 0 radical (unpaired) electrons. The Hall–Kier alpha value is -3.15. The highest BCUT2D eigenvalue weighted by molar-refractivity contribution is 5.98. The van der Waals surface area contributed by atoms with Gasteiger partial charge in [-0.1, -0.05) is 24.3 Å². The molecule has 0 aliphatic carbocycles. The maximum absolute atomic E-state index is 11.9. The molecule has 2 N–H and O–H groups in total. The SMILES string of the molecule is COc1ccc(CC(=O)NCC(=O)Nc2cccc(C(C)=O)c2)cc1. The van der Waals surface area contributed by atoms with Crippen LogP contribution in [0.25, 0.3) is 0 Å². The Labute approximate surface area is 146 Å². The van der Waals surface area contributed by atoms with Crippen molar-refractivity contribution in [2.24, 2.45) is 0 Å². The average molecular weight is 340 g/mol. The number of ether oxygens (including phenoxy) is 1. The summed E-state index contributed by atoms with van der Waals surface area (Å²) in [4.78, 5) is 35.1. The third kappa shape index (κ3) is 5.76. The Kier molecular flexibility index (Phi) is 6.28. The van der Waals surface area contributed by atoms with Gasteiger partial charge in [0.05, 0.1) is 20.1 Å². The zero-order valence-electron chi connectivity index (χ0n) is 14.2. The first-order valence-electron chi connectivity index (χ1n) is 7.78. The monoisotopic (exact) mass is 340 g/mol. The fraction of sp³-hybridized carbons (Fsp3) is 0.211. The van der Waals surface area contributed by atoms with Crippen molar-refractivity contribution in [3.63, 3.8) is 0 Å². The molecule has 0 saturated heterocycles. The summed E-state index contributed by atoms with van der Waals surface area (Å²) in [5, 5.41) is 5.22. The molecule has 2 rings (SSSR count). The summed E-state index contributed by atoms with van der Waals surface area (Å²) in [7, 11) is 1.58. The van der Waals surface area contributed by atoms with Crippen molar-refractivity contribution >= 4 is 23.3 Å². The van der Waals surface area contributed by atoms with Crippen molar-refractivity contribution in [3.05, 3.63) is 59.7 Å². The highest BCUT2D eigenvalue weighted by Crippen LogP contribution is 2.12. The second-order valence-electron chi connectivity index (χ2n) is 5.49. The van der Waals surface area contributed by atoms with Crippen molar-refractivity contribution in [1.82, 2.24) is 5.32 Å². The summed E-state index contributed by atoms with van der Waals surface area (Å²) in [6, 6.07) is 13.8. The van der Waals surface area contributed by atoms with Gasteiger partial charge in [-0.3, -0.25) is 14.4 Å². The number of anilines is 1. The van der Waals surface area contributed by atoms with Crippen molar-refractivity contribution in [3.8, 4) is 5.75 Å². The first-order valence-corrected chi connectivity index (χ1v) is 7.78. The molecule has 2 amide bonds. The smallest absolute Gasteiger partial charge is 0.243 e. The van der Waals surface area contributed by atoms with Crippen LogP contribution in [0.3, 0.4) is 0 Å². The van der Waals surface area contributed by atoms with E-state index < -0.39 is 0 Å². The maximum Gasteiger partial charge on any atom is 0.243 e. The second-order valence-corrected chi connectivity index (χ2v) is 5.49. The van der Waals surface area contributed by atoms with Crippen LogP contribution in [0.2, 0.25) is 0 Å². The molecule has 0 atom stereocenters. The molecule has 0 fully saturated rings. The highest BCUT2D eigenvalue weighted by Gasteiger charge is 2.08. The third-order valence-electron chi connectivity index (χ3n) is 3.52. The van der Waals surface area contributed by atoms with Crippen LogP contribution >= 0.6 is 0 Å². The Bertz CT molecular complexity index is 769. The molecule has 0 aliphatic heterocycles. The van der Waals surface area contributed by atoms with E-state index in [0.717, 1.165) is 11.3 Å². The largest absolute Gasteiger partial charge is 0.497 e. The van der Waals surface area contributed by atoms with E-state index in [4.69, 9.17) is 4.74 Å². The van der Waals surface area contributed by atoms with E-state index in [1.54, 1.807) is 55.6 Å². The molecule has 130 valence electrons. The molecule has 0 bridgehead atoms. The topological polar surface area (TPSA) is 84.5 Å². The van der Waals surface area contributed by atoms with E-state index in [1.165, 1.54) is 6.92 Å². The standard InChI is InChI=1S/C19H20N2O4/c1-13(22)15-4-3-5-16(11-15)21-19(24)12-20-18(23)10-14-6-8-17(25-2)9-7-14/h3-9,11H,10,12H2,1-2H3,(H,20,23)(H,21,24). The Morgan fingerprint density at radius 3 is 2.36 bits per heavy atom. The van der Waals surface area contributed by atoms with Gasteiger partial charge in [0, 0.05) is 11.3 Å². The lowest BCUT2D eigenvalue weighted by Crippen LogP contribution is -2.33. The molecule has 2 aromatic rings. The molecular weight excluding hydrogens is 320 g/mol. The predicted octanol–water partition coefficient (Wildman–Crippen LogP) is 2.20. The number of carbonyl (C=O) groups is 3. The number of nitrogens with one attached hydrogen (secondary N) is 2. The lowest BCUT2D eigenvalue weighted by molar-refractivity contribution is -0.123. The van der Waals surface area contributed by atoms with Gasteiger partial charge in [0.1, 0.15) is 5.75 Å². The number of rotatable bonds is 7. The van der Waals surface area contributed by atoms with Crippen LogP contribution in [0.5, 0.6) is 5.75 Å². The van der Waals surface area contributed by atoms with Crippen molar-refractivity contribution < 1.29 is 19.1 Å².